The second kappa shape index (κ2) is 9.21. The van der Waals surface area contributed by atoms with Crippen LogP contribution in [-0.4, -0.2) is 25.7 Å². The van der Waals surface area contributed by atoms with Crippen molar-refractivity contribution in [3.05, 3.63) is 89.5 Å². The fraction of sp³-hybridized carbons (Fsp3) is 0.125. The number of para-hydroxylation sites is 1. The molecule has 33 heavy (non-hydrogen) atoms. The number of esters is 1. The number of benzene rings is 3. The smallest absolute Gasteiger partial charge is 0.338 e. The Labute approximate surface area is 193 Å². The number of aryl methyl sites for hydroxylation is 1. The minimum Gasteiger partial charge on any atom is -0.465 e. The standard InChI is InChI=1S/C24H21NO6S2/c1-16-11-12-22(32(27)15-18-8-3-5-9-19(18)24(26)30-2)20(13-16)25-33(28,29)23-14-17-7-4-6-10-21(17)31-23/h3-14,25H,15H2,1-2H3. The van der Waals surface area contributed by atoms with Gasteiger partial charge in [-0.3, -0.25) is 8.93 Å². The Morgan fingerprint density at radius 2 is 1.76 bits per heavy atom. The lowest BCUT2D eigenvalue weighted by Gasteiger charge is -2.13. The van der Waals surface area contributed by atoms with E-state index < -0.39 is 26.8 Å². The Kier molecular flexibility index (Phi) is 6.35. The van der Waals surface area contributed by atoms with E-state index in [0.29, 0.717) is 27.0 Å². The number of hydrogen-bond donors (Lipinski definition) is 1. The zero-order valence-electron chi connectivity index (χ0n) is 17.9. The average Bonchev–Trinajstić information content (AvgIpc) is 3.24. The van der Waals surface area contributed by atoms with Crippen molar-refractivity contribution in [2.45, 2.75) is 22.7 Å². The van der Waals surface area contributed by atoms with E-state index in [9.17, 15) is 17.4 Å². The predicted octanol–water partition coefficient (Wildman–Crippen LogP) is 4.64. The molecule has 0 aliphatic heterocycles. The van der Waals surface area contributed by atoms with Crippen molar-refractivity contribution in [1.29, 1.82) is 0 Å². The first kappa shape index (κ1) is 22.8. The van der Waals surface area contributed by atoms with Crippen LogP contribution in [0.1, 0.15) is 21.5 Å². The van der Waals surface area contributed by atoms with Gasteiger partial charge in [0.1, 0.15) is 5.58 Å². The lowest BCUT2D eigenvalue weighted by molar-refractivity contribution is 0.0600. The van der Waals surface area contributed by atoms with Gasteiger partial charge in [-0.15, -0.1) is 0 Å². The molecule has 7 nitrogen and oxygen atoms in total. The molecule has 1 N–H and O–H groups in total. The summed E-state index contributed by atoms with van der Waals surface area (Å²) in [7, 11) is -4.45. The number of anilines is 1. The predicted molar refractivity (Wildman–Crippen MR) is 126 cm³/mol. The summed E-state index contributed by atoms with van der Waals surface area (Å²) in [6.45, 7) is 1.80. The van der Waals surface area contributed by atoms with E-state index in [2.05, 4.69) is 4.72 Å². The number of furan rings is 1. The summed E-state index contributed by atoms with van der Waals surface area (Å²) in [5.74, 6) is -0.523. The number of ether oxygens (including phenoxy) is 1. The van der Waals surface area contributed by atoms with Gasteiger partial charge in [-0.1, -0.05) is 42.5 Å². The van der Waals surface area contributed by atoms with Crippen molar-refractivity contribution in [1.82, 2.24) is 0 Å². The molecule has 0 saturated heterocycles. The Balaban J connectivity index is 1.67. The van der Waals surface area contributed by atoms with E-state index >= 15 is 0 Å². The fourth-order valence-corrected chi connectivity index (χ4v) is 5.75. The number of carbonyl (C=O) groups excluding carboxylic acids is 1. The second-order valence-corrected chi connectivity index (χ2v) is 10.4. The number of sulfonamides is 1. The average molecular weight is 484 g/mol. The minimum absolute atomic E-state index is 0.00764. The van der Waals surface area contributed by atoms with Gasteiger partial charge >= 0.3 is 5.97 Å². The summed E-state index contributed by atoms with van der Waals surface area (Å²) in [4.78, 5) is 12.4. The van der Waals surface area contributed by atoms with Crippen molar-refractivity contribution in [2.24, 2.45) is 0 Å². The molecule has 0 saturated carbocycles. The van der Waals surface area contributed by atoms with Crippen molar-refractivity contribution < 1.29 is 26.6 Å². The number of hydrogen-bond acceptors (Lipinski definition) is 6. The van der Waals surface area contributed by atoms with Crippen LogP contribution in [0.2, 0.25) is 0 Å². The molecule has 170 valence electrons. The van der Waals surface area contributed by atoms with Crippen molar-refractivity contribution >= 4 is 43.4 Å². The molecule has 0 aliphatic rings. The van der Waals surface area contributed by atoms with Crippen LogP contribution in [0.3, 0.4) is 0 Å². The summed E-state index contributed by atoms with van der Waals surface area (Å²) in [6.07, 6.45) is 0. The van der Waals surface area contributed by atoms with E-state index in [1.165, 1.54) is 13.2 Å². The largest absolute Gasteiger partial charge is 0.465 e. The first-order valence-corrected chi connectivity index (χ1v) is 12.8. The fourth-order valence-electron chi connectivity index (χ4n) is 3.38. The van der Waals surface area contributed by atoms with Crippen LogP contribution in [0.4, 0.5) is 5.69 Å². The Morgan fingerprint density at radius 1 is 1.03 bits per heavy atom. The van der Waals surface area contributed by atoms with Crippen LogP contribution in [0.25, 0.3) is 11.0 Å². The van der Waals surface area contributed by atoms with Crippen LogP contribution in [0.5, 0.6) is 0 Å². The highest BCUT2D eigenvalue weighted by molar-refractivity contribution is 7.92. The van der Waals surface area contributed by atoms with E-state index in [1.807, 2.05) is 0 Å². The SMILES string of the molecule is COC(=O)c1ccccc1CS(=O)c1ccc(C)cc1NS(=O)(=O)c1cc2ccccc2o1. The normalized spacial score (nSPS) is 12.4. The summed E-state index contributed by atoms with van der Waals surface area (Å²) < 4.78 is 52.2. The van der Waals surface area contributed by atoms with Crippen molar-refractivity contribution in [3.8, 4) is 0 Å². The van der Waals surface area contributed by atoms with E-state index in [-0.39, 0.29) is 16.5 Å². The molecule has 4 rings (SSSR count). The zero-order chi connectivity index (χ0) is 23.6. The van der Waals surface area contributed by atoms with E-state index in [0.717, 1.165) is 5.56 Å². The van der Waals surface area contributed by atoms with E-state index in [1.54, 1.807) is 73.7 Å². The molecule has 1 aromatic heterocycles. The highest BCUT2D eigenvalue weighted by Gasteiger charge is 2.23. The summed E-state index contributed by atoms with van der Waals surface area (Å²) in [6, 6.07) is 20.1. The summed E-state index contributed by atoms with van der Waals surface area (Å²) >= 11 is 0. The lowest BCUT2D eigenvalue weighted by atomic mass is 10.1. The van der Waals surface area contributed by atoms with Crippen molar-refractivity contribution in [3.63, 3.8) is 0 Å². The monoisotopic (exact) mass is 483 g/mol. The molecule has 0 fully saturated rings. The second-order valence-electron chi connectivity index (χ2n) is 7.35. The maximum absolute atomic E-state index is 13.3. The number of nitrogens with one attached hydrogen (secondary N) is 1. The first-order chi connectivity index (χ1) is 15.8. The highest BCUT2D eigenvalue weighted by Crippen LogP contribution is 2.29. The molecule has 0 spiro atoms. The number of rotatable bonds is 7. The molecule has 9 heteroatoms. The molecule has 1 heterocycles. The van der Waals surface area contributed by atoms with Gasteiger partial charge < -0.3 is 9.15 Å². The lowest BCUT2D eigenvalue weighted by Crippen LogP contribution is -2.15. The molecule has 0 amide bonds. The molecule has 0 bridgehead atoms. The van der Waals surface area contributed by atoms with Crippen LogP contribution < -0.4 is 4.72 Å². The topological polar surface area (TPSA) is 103 Å². The Hall–Kier alpha value is -3.43. The van der Waals surface area contributed by atoms with Gasteiger partial charge in [0, 0.05) is 11.5 Å². The molecule has 4 aromatic rings. The summed E-state index contributed by atoms with van der Waals surface area (Å²) in [5.41, 5.74) is 2.27. The third-order valence-corrected chi connectivity index (χ3v) is 7.64. The number of methoxy groups -OCH3 is 1. The third kappa shape index (κ3) is 4.84. The molecule has 0 radical (unpaired) electrons. The molecular weight excluding hydrogens is 462 g/mol. The molecule has 1 unspecified atom stereocenters. The van der Waals surface area contributed by atoms with Crippen LogP contribution in [-0.2, 0) is 31.3 Å². The molecular formula is C24H21NO6S2. The number of carbonyl (C=O) groups is 1. The maximum Gasteiger partial charge on any atom is 0.338 e. The minimum atomic E-state index is -4.07. The Bertz CT molecular complexity index is 1440. The highest BCUT2D eigenvalue weighted by atomic mass is 32.2. The third-order valence-electron chi connectivity index (χ3n) is 5.00. The van der Waals surface area contributed by atoms with Crippen LogP contribution >= 0.6 is 0 Å². The van der Waals surface area contributed by atoms with Gasteiger partial charge in [0.2, 0.25) is 5.09 Å². The van der Waals surface area contributed by atoms with Crippen molar-refractivity contribution in [2.75, 3.05) is 11.8 Å². The molecule has 0 aliphatic carbocycles. The van der Waals surface area contributed by atoms with Gasteiger partial charge in [-0.2, -0.15) is 8.42 Å². The van der Waals surface area contributed by atoms with Crippen LogP contribution in [0, 0.1) is 6.92 Å². The van der Waals surface area contributed by atoms with E-state index in [4.69, 9.17) is 9.15 Å². The zero-order valence-corrected chi connectivity index (χ0v) is 19.5. The summed E-state index contributed by atoms with van der Waals surface area (Å²) in [5, 5.41) is 0.420. The molecule has 1 atom stereocenters. The first-order valence-electron chi connectivity index (χ1n) is 9.95. The van der Waals surface area contributed by atoms with Gasteiger partial charge in [0.25, 0.3) is 10.0 Å². The number of fused-ring (bicyclic) bond motifs is 1. The van der Waals surface area contributed by atoms with Crippen LogP contribution in [0.15, 0.2) is 87.2 Å². The maximum atomic E-state index is 13.3. The Morgan fingerprint density at radius 3 is 2.52 bits per heavy atom. The van der Waals surface area contributed by atoms with Gasteiger partial charge in [-0.05, 0) is 42.3 Å². The van der Waals surface area contributed by atoms with Gasteiger partial charge in [0.15, 0.2) is 0 Å². The van der Waals surface area contributed by atoms with Gasteiger partial charge in [0.05, 0.1) is 39.8 Å². The van der Waals surface area contributed by atoms with Gasteiger partial charge in [-0.25, -0.2) is 4.79 Å². The quantitative estimate of drug-likeness (QED) is 0.384. The molecule has 3 aromatic carbocycles.